The van der Waals surface area contributed by atoms with Gasteiger partial charge >= 0.3 is 0 Å². The van der Waals surface area contributed by atoms with Crippen LogP contribution < -0.4 is 5.56 Å². The number of fused-ring (bicyclic) bond motifs is 1. The van der Waals surface area contributed by atoms with E-state index in [0.29, 0.717) is 29.3 Å². The highest BCUT2D eigenvalue weighted by Gasteiger charge is 2.36. The van der Waals surface area contributed by atoms with Gasteiger partial charge in [0.2, 0.25) is 0 Å². The van der Waals surface area contributed by atoms with Gasteiger partial charge in [-0.1, -0.05) is 36.4 Å². The van der Waals surface area contributed by atoms with Gasteiger partial charge in [0.25, 0.3) is 11.5 Å². The van der Waals surface area contributed by atoms with Crippen molar-refractivity contribution in [1.82, 2.24) is 15.1 Å². The Morgan fingerprint density at radius 1 is 1.12 bits per heavy atom. The lowest BCUT2D eigenvalue weighted by atomic mass is 9.93. The smallest absolute Gasteiger partial charge is 0.275 e. The number of hydrogen-bond acceptors (Lipinski definition) is 3. The number of likely N-dealkylation sites (tertiary alicyclic amines) is 1. The van der Waals surface area contributed by atoms with Crippen molar-refractivity contribution in [3.8, 4) is 0 Å². The number of nitrogens with zero attached hydrogens (tertiary/aromatic N) is 2. The molecule has 1 fully saturated rings. The molecular weight excluding hydrogens is 309 g/mol. The van der Waals surface area contributed by atoms with E-state index < -0.39 is 0 Å². The minimum absolute atomic E-state index is 0.186. The highest BCUT2D eigenvalue weighted by Crippen LogP contribution is 2.36. The van der Waals surface area contributed by atoms with E-state index in [-0.39, 0.29) is 29.0 Å². The highest BCUT2D eigenvalue weighted by molar-refractivity contribution is 6.05. The van der Waals surface area contributed by atoms with Crippen LogP contribution in [0.4, 0.5) is 4.39 Å². The Balaban J connectivity index is 1.74. The fourth-order valence-electron chi connectivity index (χ4n) is 3.11. The zero-order chi connectivity index (χ0) is 16.7. The lowest BCUT2D eigenvalue weighted by Crippen LogP contribution is -2.46. The molecule has 24 heavy (non-hydrogen) atoms. The van der Waals surface area contributed by atoms with E-state index in [2.05, 4.69) is 10.2 Å². The van der Waals surface area contributed by atoms with Crippen molar-refractivity contribution in [2.45, 2.75) is 12.5 Å². The maximum Gasteiger partial charge on any atom is 0.275 e. The fourth-order valence-corrected chi connectivity index (χ4v) is 3.11. The van der Waals surface area contributed by atoms with Gasteiger partial charge in [-0.05, 0) is 18.6 Å². The van der Waals surface area contributed by atoms with E-state index in [4.69, 9.17) is 0 Å². The Morgan fingerprint density at radius 2 is 1.83 bits per heavy atom. The van der Waals surface area contributed by atoms with Crippen molar-refractivity contribution < 1.29 is 9.18 Å². The first-order valence-corrected chi connectivity index (χ1v) is 7.69. The number of benzene rings is 2. The van der Waals surface area contributed by atoms with Crippen molar-refractivity contribution >= 4 is 16.7 Å². The molecule has 0 radical (unpaired) electrons. The molecule has 120 valence electrons. The molecule has 0 aliphatic carbocycles. The summed E-state index contributed by atoms with van der Waals surface area (Å²) in [5.74, 6) is -0.624. The Morgan fingerprint density at radius 3 is 2.54 bits per heavy atom. The molecular formula is C18H14FN3O2. The summed E-state index contributed by atoms with van der Waals surface area (Å²) < 4.78 is 14.0. The molecule has 1 aliphatic rings. The van der Waals surface area contributed by atoms with E-state index >= 15 is 0 Å². The number of aromatic amines is 1. The minimum atomic E-state index is -0.337. The van der Waals surface area contributed by atoms with Gasteiger partial charge in [-0.3, -0.25) is 9.59 Å². The molecule has 3 aromatic rings. The zero-order valence-electron chi connectivity index (χ0n) is 12.7. The molecule has 2 aromatic carbocycles. The zero-order valence-corrected chi connectivity index (χ0v) is 12.7. The van der Waals surface area contributed by atoms with Crippen molar-refractivity contribution in [3.63, 3.8) is 0 Å². The molecule has 0 saturated carbocycles. The maximum absolute atomic E-state index is 14.0. The van der Waals surface area contributed by atoms with Gasteiger partial charge in [-0.25, -0.2) is 9.49 Å². The van der Waals surface area contributed by atoms with Gasteiger partial charge in [0, 0.05) is 17.5 Å². The standard InChI is InChI=1S/C18H14FN3O2/c19-14-8-4-3-7-13(14)15-9-10-22(15)18(24)16-11-5-1-2-6-12(11)17(23)21-20-16/h1-8,15H,9-10H2,(H,21,23). The molecule has 6 heteroatoms. The van der Waals surface area contributed by atoms with Crippen LogP contribution >= 0.6 is 0 Å². The summed E-state index contributed by atoms with van der Waals surface area (Å²) in [6.07, 6.45) is 0.702. The number of aromatic nitrogens is 2. The van der Waals surface area contributed by atoms with Crippen LogP contribution in [0.15, 0.2) is 53.3 Å². The topological polar surface area (TPSA) is 66.1 Å². The SMILES string of the molecule is O=C(c1n[nH]c(=O)c2ccccc12)N1CCC1c1ccccc1F. The van der Waals surface area contributed by atoms with E-state index in [9.17, 15) is 14.0 Å². The molecule has 4 rings (SSSR count). The van der Waals surface area contributed by atoms with Gasteiger partial charge in [-0.15, -0.1) is 0 Å². The summed E-state index contributed by atoms with van der Waals surface area (Å²) in [4.78, 5) is 26.3. The van der Waals surface area contributed by atoms with E-state index in [1.165, 1.54) is 6.07 Å². The minimum Gasteiger partial charge on any atom is -0.330 e. The number of amides is 1. The van der Waals surface area contributed by atoms with Crippen LogP contribution in [0, 0.1) is 5.82 Å². The summed E-state index contributed by atoms with van der Waals surface area (Å²) in [7, 11) is 0. The normalized spacial score (nSPS) is 16.9. The van der Waals surface area contributed by atoms with E-state index in [0.717, 1.165) is 0 Å². The molecule has 1 N–H and O–H groups in total. The van der Waals surface area contributed by atoms with Crippen LogP contribution in [0.1, 0.15) is 28.5 Å². The molecule has 1 aromatic heterocycles. The van der Waals surface area contributed by atoms with Gasteiger partial charge < -0.3 is 4.90 Å². The lowest BCUT2D eigenvalue weighted by molar-refractivity contribution is 0.0448. The van der Waals surface area contributed by atoms with Crippen molar-refractivity contribution in [2.75, 3.05) is 6.54 Å². The third kappa shape index (κ3) is 2.19. The third-order valence-electron chi connectivity index (χ3n) is 4.44. The second-order valence-corrected chi connectivity index (χ2v) is 5.77. The van der Waals surface area contributed by atoms with E-state index in [1.807, 2.05) is 0 Å². The van der Waals surface area contributed by atoms with Crippen LogP contribution in [-0.2, 0) is 0 Å². The quantitative estimate of drug-likeness (QED) is 0.788. The summed E-state index contributed by atoms with van der Waals surface area (Å²) in [5, 5.41) is 7.22. The predicted octanol–water partition coefficient (Wildman–Crippen LogP) is 2.65. The molecule has 0 spiro atoms. The molecule has 1 aliphatic heterocycles. The van der Waals surface area contributed by atoms with Crippen molar-refractivity contribution in [2.24, 2.45) is 0 Å². The van der Waals surface area contributed by atoms with Crippen molar-refractivity contribution in [1.29, 1.82) is 0 Å². The summed E-state index contributed by atoms with van der Waals surface area (Å²) in [6.45, 7) is 0.535. The summed E-state index contributed by atoms with van der Waals surface area (Å²) in [6, 6.07) is 13.0. The van der Waals surface area contributed by atoms with Crippen LogP contribution in [0.25, 0.3) is 10.8 Å². The average molecular weight is 323 g/mol. The van der Waals surface area contributed by atoms with Gasteiger partial charge in [0.1, 0.15) is 5.82 Å². The highest BCUT2D eigenvalue weighted by atomic mass is 19.1. The predicted molar refractivity (Wildman–Crippen MR) is 87.2 cm³/mol. The lowest BCUT2D eigenvalue weighted by Gasteiger charge is -2.41. The largest absolute Gasteiger partial charge is 0.330 e. The summed E-state index contributed by atoms with van der Waals surface area (Å²) >= 11 is 0. The van der Waals surface area contributed by atoms with Crippen LogP contribution in [0.5, 0.6) is 0 Å². The van der Waals surface area contributed by atoms with Gasteiger partial charge in [0.05, 0.1) is 11.4 Å². The molecule has 2 heterocycles. The van der Waals surface area contributed by atoms with Crippen molar-refractivity contribution in [3.05, 3.63) is 76.0 Å². The number of rotatable bonds is 2. The summed E-state index contributed by atoms with van der Waals surface area (Å²) in [5.41, 5.74) is 0.355. The first-order valence-electron chi connectivity index (χ1n) is 7.69. The molecule has 1 unspecified atom stereocenters. The number of H-pyrrole nitrogens is 1. The molecule has 1 atom stereocenters. The van der Waals surface area contributed by atoms with E-state index in [1.54, 1.807) is 47.4 Å². The van der Waals surface area contributed by atoms with Crippen LogP contribution in [0.3, 0.4) is 0 Å². The second kappa shape index (κ2) is 5.56. The maximum atomic E-state index is 14.0. The average Bonchev–Trinajstić information content (AvgIpc) is 2.56. The number of carbonyl (C=O) groups excluding carboxylic acids is 1. The Labute approximate surface area is 136 Å². The van der Waals surface area contributed by atoms with Gasteiger partial charge in [-0.2, -0.15) is 5.10 Å². The second-order valence-electron chi connectivity index (χ2n) is 5.77. The molecule has 5 nitrogen and oxygen atoms in total. The first kappa shape index (κ1) is 14.6. The number of carbonyl (C=O) groups is 1. The Kier molecular flexibility index (Phi) is 3.37. The monoisotopic (exact) mass is 323 g/mol. The van der Waals surface area contributed by atoms with Gasteiger partial charge in [0.15, 0.2) is 5.69 Å². The Hall–Kier alpha value is -3.02. The number of halogens is 1. The molecule has 0 bridgehead atoms. The Bertz CT molecular complexity index is 999. The molecule has 1 saturated heterocycles. The number of nitrogens with one attached hydrogen (secondary N) is 1. The number of hydrogen-bond donors (Lipinski definition) is 1. The first-order chi connectivity index (χ1) is 11.7. The third-order valence-corrected chi connectivity index (χ3v) is 4.44. The van der Waals surface area contributed by atoms with Crippen LogP contribution in [-0.4, -0.2) is 27.5 Å². The molecule has 1 amide bonds. The fraction of sp³-hybridized carbons (Fsp3) is 0.167. The van der Waals surface area contributed by atoms with Crippen LogP contribution in [0.2, 0.25) is 0 Å².